The highest BCUT2D eigenvalue weighted by Crippen LogP contribution is 2.14. The van der Waals surface area contributed by atoms with E-state index < -0.39 is 34.2 Å². The number of rotatable bonds is 4. The fraction of sp³-hybridized carbons (Fsp3) is 0.364. The molecular weight excluding hydrogens is 250 g/mol. The van der Waals surface area contributed by atoms with E-state index in [0.29, 0.717) is 6.07 Å². The van der Waals surface area contributed by atoms with Crippen LogP contribution in [0.1, 0.15) is 13.8 Å². The molecule has 0 aliphatic carbocycles. The Balaban J connectivity index is 2.73. The summed E-state index contributed by atoms with van der Waals surface area (Å²) in [5.74, 6) is -2.81. The highest BCUT2D eigenvalue weighted by atomic mass is 32.2. The van der Waals surface area contributed by atoms with E-state index in [1.54, 1.807) is 13.8 Å². The van der Waals surface area contributed by atoms with E-state index in [1.807, 2.05) is 0 Å². The second-order valence-corrected chi connectivity index (χ2v) is 5.02. The SMILES string of the molecule is CC(C)OC(=O)CS(=O)c1ccc(F)cc1F. The van der Waals surface area contributed by atoms with Gasteiger partial charge in [0.05, 0.1) is 21.8 Å². The van der Waals surface area contributed by atoms with Crippen molar-refractivity contribution in [3.63, 3.8) is 0 Å². The Morgan fingerprint density at radius 2 is 2.06 bits per heavy atom. The van der Waals surface area contributed by atoms with Crippen molar-refractivity contribution in [2.24, 2.45) is 0 Å². The number of hydrogen-bond donors (Lipinski definition) is 0. The van der Waals surface area contributed by atoms with Gasteiger partial charge in [-0.1, -0.05) is 0 Å². The smallest absolute Gasteiger partial charge is 0.319 e. The van der Waals surface area contributed by atoms with E-state index in [2.05, 4.69) is 0 Å². The van der Waals surface area contributed by atoms with Crippen molar-refractivity contribution in [1.82, 2.24) is 0 Å². The number of esters is 1. The summed E-state index contributed by atoms with van der Waals surface area (Å²) in [5.41, 5.74) is 0. The third kappa shape index (κ3) is 4.22. The summed E-state index contributed by atoms with van der Waals surface area (Å²) in [5, 5.41) is 0. The Hall–Kier alpha value is -1.30. The molecule has 17 heavy (non-hydrogen) atoms. The molecule has 0 aliphatic heterocycles. The lowest BCUT2D eigenvalue weighted by Crippen LogP contribution is -2.18. The molecule has 1 unspecified atom stereocenters. The molecule has 0 radical (unpaired) electrons. The lowest BCUT2D eigenvalue weighted by Gasteiger charge is -2.08. The molecule has 3 nitrogen and oxygen atoms in total. The Kier molecular flexibility index (Phi) is 4.74. The van der Waals surface area contributed by atoms with Crippen LogP contribution in [0.25, 0.3) is 0 Å². The Morgan fingerprint density at radius 3 is 2.59 bits per heavy atom. The average Bonchev–Trinajstić information content (AvgIpc) is 2.15. The standard InChI is InChI=1S/C11H12F2O3S/c1-7(2)16-11(14)6-17(15)10-4-3-8(12)5-9(10)13/h3-5,7H,6H2,1-2H3. The summed E-state index contributed by atoms with van der Waals surface area (Å²) in [6.07, 6.45) is -0.322. The predicted molar refractivity (Wildman–Crippen MR) is 58.9 cm³/mol. The first kappa shape index (κ1) is 13.8. The quantitative estimate of drug-likeness (QED) is 0.780. The molecule has 0 aliphatic rings. The molecule has 1 aromatic rings. The van der Waals surface area contributed by atoms with Gasteiger partial charge in [-0.3, -0.25) is 9.00 Å². The number of carbonyl (C=O) groups excluding carboxylic acids is 1. The van der Waals surface area contributed by atoms with Crippen molar-refractivity contribution in [3.8, 4) is 0 Å². The van der Waals surface area contributed by atoms with Gasteiger partial charge in [-0.25, -0.2) is 8.78 Å². The van der Waals surface area contributed by atoms with Crippen LogP contribution in [0.5, 0.6) is 0 Å². The molecule has 1 aromatic carbocycles. The monoisotopic (exact) mass is 262 g/mol. The summed E-state index contributed by atoms with van der Waals surface area (Å²) in [6, 6.07) is 2.68. The molecule has 1 atom stereocenters. The molecule has 0 fully saturated rings. The summed E-state index contributed by atoms with van der Waals surface area (Å²) in [7, 11) is -1.87. The minimum absolute atomic E-state index is 0.202. The summed E-state index contributed by atoms with van der Waals surface area (Å²) >= 11 is 0. The van der Waals surface area contributed by atoms with Crippen LogP contribution in [-0.4, -0.2) is 22.0 Å². The van der Waals surface area contributed by atoms with Crippen molar-refractivity contribution in [2.45, 2.75) is 24.8 Å². The zero-order chi connectivity index (χ0) is 13.0. The van der Waals surface area contributed by atoms with Crippen LogP contribution in [0, 0.1) is 11.6 Å². The third-order valence-electron chi connectivity index (χ3n) is 1.76. The lowest BCUT2D eigenvalue weighted by molar-refractivity contribution is -0.144. The van der Waals surface area contributed by atoms with Gasteiger partial charge in [0.25, 0.3) is 0 Å². The molecule has 0 N–H and O–H groups in total. The van der Waals surface area contributed by atoms with Gasteiger partial charge in [-0.05, 0) is 26.0 Å². The Bertz CT molecular complexity index is 446. The highest BCUT2D eigenvalue weighted by Gasteiger charge is 2.16. The second-order valence-electron chi connectivity index (χ2n) is 3.60. The average molecular weight is 262 g/mol. The minimum atomic E-state index is -1.87. The van der Waals surface area contributed by atoms with Crippen LogP contribution in [0.3, 0.4) is 0 Å². The summed E-state index contributed by atoms with van der Waals surface area (Å²) < 4.78 is 42.2. The molecule has 0 spiro atoms. The summed E-state index contributed by atoms with van der Waals surface area (Å²) in [4.78, 5) is 11.0. The number of carbonyl (C=O) groups is 1. The van der Waals surface area contributed by atoms with Crippen LogP contribution < -0.4 is 0 Å². The van der Waals surface area contributed by atoms with Gasteiger partial charge in [-0.15, -0.1) is 0 Å². The van der Waals surface area contributed by atoms with E-state index in [-0.39, 0.29) is 11.0 Å². The Labute approximate surface area is 100 Å². The molecule has 0 saturated carbocycles. The van der Waals surface area contributed by atoms with Crippen molar-refractivity contribution in [1.29, 1.82) is 0 Å². The van der Waals surface area contributed by atoms with E-state index in [4.69, 9.17) is 4.74 Å². The van der Waals surface area contributed by atoms with Gasteiger partial charge in [0.2, 0.25) is 0 Å². The molecule has 0 amide bonds. The molecule has 0 heterocycles. The van der Waals surface area contributed by atoms with Gasteiger partial charge >= 0.3 is 5.97 Å². The minimum Gasteiger partial charge on any atom is -0.462 e. The van der Waals surface area contributed by atoms with E-state index >= 15 is 0 Å². The molecule has 6 heteroatoms. The molecule has 0 bridgehead atoms. The molecule has 94 valence electrons. The van der Waals surface area contributed by atoms with Crippen molar-refractivity contribution in [3.05, 3.63) is 29.8 Å². The van der Waals surface area contributed by atoms with E-state index in [1.165, 1.54) is 0 Å². The largest absolute Gasteiger partial charge is 0.462 e. The van der Waals surface area contributed by atoms with Gasteiger partial charge < -0.3 is 4.74 Å². The maximum absolute atomic E-state index is 13.2. The summed E-state index contributed by atoms with van der Waals surface area (Å²) in [6.45, 7) is 3.30. The topological polar surface area (TPSA) is 43.4 Å². The van der Waals surface area contributed by atoms with Crippen LogP contribution in [-0.2, 0) is 20.3 Å². The molecule has 0 saturated heterocycles. The highest BCUT2D eigenvalue weighted by molar-refractivity contribution is 7.85. The number of benzene rings is 1. The van der Waals surface area contributed by atoms with Crippen LogP contribution in [0.15, 0.2) is 23.1 Å². The van der Waals surface area contributed by atoms with E-state index in [0.717, 1.165) is 12.1 Å². The fourth-order valence-corrected chi connectivity index (χ4v) is 2.08. The fourth-order valence-electron chi connectivity index (χ4n) is 1.14. The maximum Gasteiger partial charge on any atom is 0.319 e. The van der Waals surface area contributed by atoms with Crippen molar-refractivity contribution in [2.75, 3.05) is 5.75 Å². The molecule has 0 aromatic heterocycles. The van der Waals surface area contributed by atoms with Crippen LogP contribution in [0.4, 0.5) is 8.78 Å². The third-order valence-corrected chi connectivity index (χ3v) is 3.07. The van der Waals surface area contributed by atoms with Crippen molar-refractivity contribution < 1.29 is 22.5 Å². The maximum atomic E-state index is 13.2. The van der Waals surface area contributed by atoms with Crippen molar-refractivity contribution >= 4 is 16.8 Å². The lowest BCUT2D eigenvalue weighted by atomic mass is 10.3. The number of hydrogen-bond acceptors (Lipinski definition) is 3. The Morgan fingerprint density at radius 1 is 1.41 bits per heavy atom. The van der Waals surface area contributed by atoms with Gasteiger partial charge in [0.15, 0.2) is 0 Å². The zero-order valence-electron chi connectivity index (χ0n) is 9.41. The normalized spacial score (nSPS) is 12.5. The molecular formula is C11H12F2O3S. The van der Waals surface area contributed by atoms with Gasteiger partial charge in [-0.2, -0.15) is 0 Å². The molecule has 1 rings (SSSR count). The van der Waals surface area contributed by atoms with Gasteiger partial charge in [0.1, 0.15) is 17.4 Å². The van der Waals surface area contributed by atoms with Crippen LogP contribution in [0.2, 0.25) is 0 Å². The number of halogens is 2. The first-order valence-electron chi connectivity index (χ1n) is 4.93. The number of ether oxygens (including phenoxy) is 1. The van der Waals surface area contributed by atoms with E-state index in [9.17, 15) is 17.8 Å². The zero-order valence-corrected chi connectivity index (χ0v) is 10.2. The predicted octanol–water partition coefficient (Wildman–Crippen LogP) is 2.02. The second kappa shape index (κ2) is 5.86. The van der Waals surface area contributed by atoms with Crippen LogP contribution >= 0.6 is 0 Å². The van der Waals surface area contributed by atoms with Gasteiger partial charge in [0, 0.05) is 6.07 Å². The first-order valence-corrected chi connectivity index (χ1v) is 6.25. The first-order chi connectivity index (χ1) is 7.90.